The molecule has 0 unspecified atom stereocenters. The van der Waals surface area contributed by atoms with Crippen LogP contribution >= 0.6 is 0 Å². The molecule has 0 fully saturated rings. The van der Waals surface area contributed by atoms with Crippen LogP contribution in [0.2, 0.25) is 0 Å². The summed E-state index contributed by atoms with van der Waals surface area (Å²) in [5.74, 6) is 0. The van der Waals surface area contributed by atoms with Crippen LogP contribution < -0.4 is 4.90 Å². The van der Waals surface area contributed by atoms with E-state index in [-0.39, 0.29) is 0 Å². The number of benzene rings is 8. The van der Waals surface area contributed by atoms with Gasteiger partial charge in [-0.05, 0) is 18.2 Å². The molecule has 0 radical (unpaired) electrons. The smallest absolute Gasteiger partial charge is 0.0602 e. The van der Waals surface area contributed by atoms with Gasteiger partial charge in [-0.15, -0.1) is 0 Å². The van der Waals surface area contributed by atoms with Gasteiger partial charge in [0.25, 0.3) is 0 Å². The summed E-state index contributed by atoms with van der Waals surface area (Å²) in [6.07, 6.45) is 0. The molecule has 0 amide bonds. The Bertz CT molecular complexity index is 2820. The van der Waals surface area contributed by atoms with E-state index in [9.17, 15) is 0 Å². The Hall–Kier alpha value is -5.86. The second-order valence-electron chi connectivity index (χ2n) is 12.6. The van der Waals surface area contributed by atoms with Gasteiger partial charge < -0.3 is 4.57 Å². The van der Waals surface area contributed by atoms with Crippen LogP contribution in [0.15, 0.2) is 182 Å². The van der Waals surface area contributed by atoms with E-state index in [0.29, 0.717) is 14.5 Å². The molecule has 10 rings (SSSR count). The second kappa shape index (κ2) is 11.4. The van der Waals surface area contributed by atoms with Gasteiger partial charge in [-0.25, -0.2) is 0 Å². The van der Waals surface area contributed by atoms with Crippen LogP contribution in [0.25, 0.3) is 68.7 Å². The van der Waals surface area contributed by atoms with Crippen molar-refractivity contribution in [1.82, 2.24) is 4.57 Å². The first-order chi connectivity index (χ1) is 24.3. The zero-order valence-electron chi connectivity index (χ0n) is 26.6. The Kier molecular flexibility index (Phi) is 6.55. The van der Waals surface area contributed by atoms with Gasteiger partial charge in [0.15, 0.2) is 0 Å². The van der Waals surface area contributed by atoms with E-state index in [2.05, 4.69) is 191 Å². The minimum Gasteiger partial charge on any atom is -0.0602 e. The van der Waals surface area contributed by atoms with Crippen molar-refractivity contribution in [2.75, 3.05) is 4.90 Å². The van der Waals surface area contributed by atoms with E-state index >= 15 is 0 Å². The quantitative estimate of drug-likeness (QED) is 0.163. The van der Waals surface area contributed by atoms with Gasteiger partial charge in [0.1, 0.15) is 0 Å². The van der Waals surface area contributed by atoms with Crippen molar-refractivity contribution in [1.29, 1.82) is 0 Å². The van der Waals surface area contributed by atoms with E-state index in [1.165, 1.54) is 68.7 Å². The number of fused-ring (bicyclic) bond motifs is 7. The minimum absolute atomic E-state index is 0.377. The molecule has 0 spiro atoms. The molecular weight excluding hydrogens is 659 g/mol. The maximum absolute atomic E-state index is 2.42. The number of nitrogens with zero attached hydrogens (tertiary/aromatic N) is 2. The van der Waals surface area contributed by atoms with Crippen molar-refractivity contribution >= 4 is 83.4 Å². The van der Waals surface area contributed by atoms with E-state index in [1.807, 2.05) is 0 Å². The van der Waals surface area contributed by atoms with Gasteiger partial charge in [-0.1, -0.05) is 60.7 Å². The van der Waals surface area contributed by atoms with E-state index < -0.39 is 0 Å². The summed E-state index contributed by atoms with van der Waals surface area (Å²) < 4.78 is 5.33. The fraction of sp³-hybridized carbons (Fsp3) is 0. The molecule has 0 bridgehead atoms. The van der Waals surface area contributed by atoms with Crippen molar-refractivity contribution in [3.05, 3.63) is 182 Å². The Labute approximate surface area is 290 Å². The normalized spacial score (nSPS) is 11.7. The van der Waals surface area contributed by atoms with Crippen molar-refractivity contribution in [2.45, 2.75) is 0 Å². The van der Waals surface area contributed by atoms with Crippen LogP contribution in [0, 0.1) is 0 Å². The summed E-state index contributed by atoms with van der Waals surface area (Å²) in [5, 5.41) is 7.71. The molecule has 2 aromatic heterocycles. The maximum atomic E-state index is 2.42. The van der Waals surface area contributed by atoms with Crippen molar-refractivity contribution in [3.8, 4) is 16.8 Å². The van der Waals surface area contributed by atoms with E-state index in [4.69, 9.17) is 0 Å². The third kappa shape index (κ3) is 4.63. The molecule has 0 aliphatic heterocycles. The number of aromatic nitrogens is 1. The molecule has 0 aliphatic carbocycles. The first-order valence-electron chi connectivity index (χ1n) is 16.7. The molecule has 8 aromatic carbocycles. The Morgan fingerprint density at radius 3 is 1.92 bits per heavy atom. The van der Waals surface area contributed by atoms with Crippen LogP contribution in [-0.2, 0) is 0 Å². The van der Waals surface area contributed by atoms with Crippen molar-refractivity contribution < 1.29 is 0 Å². The van der Waals surface area contributed by atoms with Gasteiger partial charge >= 0.3 is 186 Å². The van der Waals surface area contributed by atoms with Gasteiger partial charge in [0.2, 0.25) is 0 Å². The van der Waals surface area contributed by atoms with Gasteiger partial charge in [0.05, 0.1) is 11.0 Å². The predicted octanol–water partition coefficient (Wildman–Crippen LogP) is 12.4. The van der Waals surface area contributed by atoms with Gasteiger partial charge in [-0.3, -0.25) is 0 Å². The zero-order valence-corrected chi connectivity index (χ0v) is 28.3. The van der Waals surface area contributed by atoms with Gasteiger partial charge in [0, 0.05) is 11.1 Å². The third-order valence-electron chi connectivity index (χ3n) is 9.77. The molecule has 0 atom stereocenters. The summed E-state index contributed by atoms with van der Waals surface area (Å²) in [5.41, 5.74) is 9.47. The summed E-state index contributed by atoms with van der Waals surface area (Å²) in [6, 6.07) is 66.6. The monoisotopic (exact) mass is 690 g/mol. The third-order valence-corrected chi connectivity index (χ3v) is 12.2. The Morgan fingerprint density at radius 1 is 0.388 bits per heavy atom. The van der Waals surface area contributed by atoms with E-state index in [0.717, 1.165) is 17.1 Å². The van der Waals surface area contributed by atoms with Crippen LogP contribution in [0.3, 0.4) is 0 Å². The Morgan fingerprint density at radius 2 is 1.04 bits per heavy atom. The molecule has 3 heteroatoms. The summed E-state index contributed by atoms with van der Waals surface area (Å²) >= 11 is 0.377. The summed E-state index contributed by atoms with van der Waals surface area (Å²) in [4.78, 5) is 2.42. The van der Waals surface area contributed by atoms with E-state index in [1.54, 1.807) is 0 Å². The minimum atomic E-state index is 0.377. The standard InChI is InChI=1S/C46H30N2Se/c1-2-13-34(14-3-1)48-43-18-8-6-16-38(43)40-30-36(26-27-44(40)48)47(42-19-10-12-32-11-4-5-15-37(32)42)35-24-21-31(22-25-35)33-23-28-46-41(29-33)39-17-7-9-20-45(39)49-46/h1-30H. The average molecular weight is 690 g/mol. The predicted molar refractivity (Wildman–Crippen MR) is 210 cm³/mol. The number of rotatable bonds is 5. The molecule has 0 saturated carbocycles. The van der Waals surface area contributed by atoms with Crippen LogP contribution in [0.5, 0.6) is 0 Å². The fourth-order valence-electron chi connectivity index (χ4n) is 7.49. The van der Waals surface area contributed by atoms with Crippen molar-refractivity contribution in [3.63, 3.8) is 0 Å². The molecule has 2 nitrogen and oxygen atoms in total. The molecular formula is C46H30N2Se. The first-order valence-corrected chi connectivity index (χ1v) is 18.4. The second-order valence-corrected chi connectivity index (χ2v) is 14.9. The zero-order chi connectivity index (χ0) is 32.3. The van der Waals surface area contributed by atoms with Crippen LogP contribution in [-0.4, -0.2) is 19.1 Å². The number of anilines is 3. The van der Waals surface area contributed by atoms with Gasteiger partial charge in [-0.2, -0.15) is 0 Å². The topological polar surface area (TPSA) is 8.17 Å². The van der Waals surface area contributed by atoms with Crippen LogP contribution in [0.1, 0.15) is 0 Å². The number of para-hydroxylation sites is 2. The molecule has 2 heterocycles. The molecule has 0 aliphatic rings. The molecule has 0 saturated heterocycles. The SMILES string of the molecule is c1ccc(-n2c3ccccc3c3cc(N(c4ccc(-c5ccc6[se]c7ccccc7c6c5)cc4)c4cccc5ccccc45)ccc32)cc1. The molecule has 10 aromatic rings. The molecule has 0 N–H and O–H groups in total. The summed E-state index contributed by atoms with van der Waals surface area (Å²) in [7, 11) is 0. The average Bonchev–Trinajstić information content (AvgIpc) is 3.71. The summed E-state index contributed by atoms with van der Waals surface area (Å²) in [6.45, 7) is 0. The van der Waals surface area contributed by atoms with Crippen LogP contribution in [0.4, 0.5) is 17.1 Å². The van der Waals surface area contributed by atoms with Crippen molar-refractivity contribution in [2.24, 2.45) is 0 Å². The Balaban J connectivity index is 1.15. The first kappa shape index (κ1) is 28.2. The fourth-order valence-corrected chi connectivity index (χ4v) is 9.77. The number of hydrogen-bond acceptors (Lipinski definition) is 1. The molecule has 49 heavy (non-hydrogen) atoms. The number of hydrogen-bond donors (Lipinski definition) is 0. The molecule has 230 valence electrons.